The van der Waals surface area contributed by atoms with Crippen molar-refractivity contribution in [3.8, 4) is 5.69 Å². The predicted octanol–water partition coefficient (Wildman–Crippen LogP) is 4.20. The van der Waals surface area contributed by atoms with Gasteiger partial charge in [-0.3, -0.25) is 0 Å². The summed E-state index contributed by atoms with van der Waals surface area (Å²) in [5, 5.41) is 10.3. The van der Waals surface area contributed by atoms with Crippen LogP contribution < -0.4 is 5.32 Å². The second kappa shape index (κ2) is 5.47. The number of hydrogen-bond donors (Lipinski definition) is 1. The van der Waals surface area contributed by atoms with Gasteiger partial charge in [-0.05, 0) is 36.4 Å². The van der Waals surface area contributed by atoms with Gasteiger partial charge in [0.15, 0.2) is 0 Å². The van der Waals surface area contributed by atoms with Gasteiger partial charge in [-0.15, -0.1) is 11.3 Å². The summed E-state index contributed by atoms with van der Waals surface area (Å²) in [4.78, 5) is 1.22. The van der Waals surface area contributed by atoms with Gasteiger partial charge in [0.2, 0.25) is 0 Å². The Hall–Kier alpha value is -1.78. The maximum atomic E-state index is 5.89. The minimum atomic E-state index is 0.790. The molecular formula is C14H12ClN3S. The van der Waals surface area contributed by atoms with Crippen LogP contribution in [0.1, 0.15) is 4.88 Å². The molecule has 0 spiro atoms. The van der Waals surface area contributed by atoms with Crippen LogP contribution in [0.4, 0.5) is 5.69 Å². The zero-order chi connectivity index (χ0) is 13.1. The van der Waals surface area contributed by atoms with Gasteiger partial charge in [-0.1, -0.05) is 11.6 Å². The quantitative estimate of drug-likeness (QED) is 0.780. The number of nitrogens with one attached hydrogen (secondary N) is 1. The molecule has 2 heterocycles. The zero-order valence-corrected chi connectivity index (χ0v) is 11.7. The summed E-state index contributed by atoms with van der Waals surface area (Å²) >= 11 is 7.55. The molecule has 1 aromatic carbocycles. The maximum absolute atomic E-state index is 5.89. The van der Waals surface area contributed by atoms with E-state index >= 15 is 0 Å². The minimum absolute atomic E-state index is 0.790. The predicted molar refractivity (Wildman–Crippen MR) is 80.2 cm³/mol. The number of benzene rings is 1. The lowest BCUT2D eigenvalue weighted by Gasteiger charge is -2.06. The van der Waals surface area contributed by atoms with E-state index in [2.05, 4.69) is 10.4 Å². The van der Waals surface area contributed by atoms with Crippen LogP contribution in [0, 0.1) is 0 Å². The monoisotopic (exact) mass is 289 g/mol. The third-order valence-corrected chi connectivity index (χ3v) is 4.01. The molecule has 3 aromatic rings. The highest BCUT2D eigenvalue weighted by Gasteiger charge is 1.99. The van der Waals surface area contributed by atoms with Gasteiger partial charge in [0.1, 0.15) is 0 Å². The lowest BCUT2D eigenvalue weighted by atomic mass is 10.3. The molecule has 2 aromatic heterocycles. The molecule has 0 atom stereocenters. The summed E-state index contributed by atoms with van der Waals surface area (Å²) in [5.74, 6) is 0. The van der Waals surface area contributed by atoms with E-state index in [0.29, 0.717) is 0 Å². The van der Waals surface area contributed by atoms with Crippen molar-refractivity contribution in [3.63, 3.8) is 0 Å². The molecule has 3 nitrogen and oxygen atoms in total. The molecule has 0 fully saturated rings. The molecule has 5 heteroatoms. The summed E-state index contributed by atoms with van der Waals surface area (Å²) in [6.07, 6.45) is 3.70. The number of anilines is 1. The van der Waals surface area contributed by atoms with Crippen LogP contribution in [0.5, 0.6) is 0 Å². The Morgan fingerprint density at radius 3 is 2.74 bits per heavy atom. The topological polar surface area (TPSA) is 29.9 Å². The maximum Gasteiger partial charge on any atom is 0.0647 e. The average molecular weight is 290 g/mol. The number of halogens is 1. The normalized spacial score (nSPS) is 10.6. The molecule has 0 radical (unpaired) electrons. The van der Waals surface area contributed by atoms with Gasteiger partial charge in [0.25, 0.3) is 0 Å². The number of rotatable bonds is 4. The summed E-state index contributed by atoms with van der Waals surface area (Å²) in [6, 6.07) is 12.1. The van der Waals surface area contributed by atoms with E-state index in [4.69, 9.17) is 11.6 Å². The van der Waals surface area contributed by atoms with Gasteiger partial charge in [0, 0.05) is 34.9 Å². The first kappa shape index (κ1) is 12.3. The van der Waals surface area contributed by atoms with E-state index in [1.807, 2.05) is 52.7 Å². The van der Waals surface area contributed by atoms with Crippen molar-refractivity contribution in [2.24, 2.45) is 0 Å². The van der Waals surface area contributed by atoms with Crippen LogP contribution in [0.25, 0.3) is 5.69 Å². The molecule has 3 rings (SSSR count). The smallest absolute Gasteiger partial charge is 0.0647 e. The average Bonchev–Trinajstić information content (AvgIpc) is 3.08. The molecule has 0 aliphatic heterocycles. The van der Waals surface area contributed by atoms with Crippen LogP contribution >= 0.6 is 22.9 Å². The first-order valence-corrected chi connectivity index (χ1v) is 7.14. The summed E-state index contributed by atoms with van der Waals surface area (Å²) in [5.41, 5.74) is 2.13. The van der Waals surface area contributed by atoms with E-state index in [1.54, 1.807) is 17.5 Å². The summed E-state index contributed by atoms with van der Waals surface area (Å²) < 4.78 is 1.84. The number of hydrogen-bond acceptors (Lipinski definition) is 3. The molecule has 0 bridgehead atoms. The summed E-state index contributed by atoms with van der Waals surface area (Å²) in [6.45, 7) is 0.790. The number of aromatic nitrogens is 2. The second-order valence-corrected chi connectivity index (χ2v) is 5.51. The molecule has 0 saturated carbocycles. The van der Waals surface area contributed by atoms with E-state index in [0.717, 1.165) is 22.9 Å². The lowest BCUT2D eigenvalue weighted by molar-refractivity contribution is 0.880. The molecule has 96 valence electrons. The third-order valence-electron chi connectivity index (χ3n) is 2.72. The van der Waals surface area contributed by atoms with Crippen LogP contribution in [-0.2, 0) is 6.54 Å². The Labute approximate surface area is 120 Å². The van der Waals surface area contributed by atoms with Crippen molar-refractivity contribution in [2.75, 3.05) is 5.32 Å². The van der Waals surface area contributed by atoms with Crippen molar-refractivity contribution < 1.29 is 0 Å². The number of nitrogens with zero attached hydrogens (tertiary/aromatic N) is 2. The Morgan fingerprint density at radius 1 is 1.26 bits per heavy atom. The van der Waals surface area contributed by atoms with Crippen molar-refractivity contribution in [1.29, 1.82) is 0 Å². The van der Waals surface area contributed by atoms with Crippen LogP contribution in [0.2, 0.25) is 5.02 Å². The molecule has 1 N–H and O–H groups in total. The van der Waals surface area contributed by atoms with Gasteiger partial charge < -0.3 is 5.32 Å². The zero-order valence-electron chi connectivity index (χ0n) is 10.1. The SMILES string of the molecule is Clc1csc(CNc2ccc(-n3cccn3)cc2)c1. The molecule has 0 saturated heterocycles. The van der Waals surface area contributed by atoms with E-state index in [9.17, 15) is 0 Å². The molecule has 0 unspecified atom stereocenters. The van der Waals surface area contributed by atoms with Gasteiger partial charge >= 0.3 is 0 Å². The fourth-order valence-corrected chi connectivity index (χ4v) is 2.80. The molecule has 0 aliphatic rings. The van der Waals surface area contributed by atoms with E-state index in [1.165, 1.54) is 4.88 Å². The van der Waals surface area contributed by atoms with Crippen molar-refractivity contribution in [1.82, 2.24) is 9.78 Å². The van der Waals surface area contributed by atoms with Crippen molar-refractivity contribution in [3.05, 3.63) is 64.1 Å². The third kappa shape index (κ3) is 2.97. The van der Waals surface area contributed by atoms with Crippen LogP contribution in [0.15, 0.2) is 54.2 Å². The van der Waals surface area contributed by atoms with Gasteiger partial charge in [0.05, 0.1) is 10.7 Å². The Morgan fingerprint density at radius 2 is 2.11 bits per heavy atom. The highest BCUT2D eigenvalue weighted by Crippen LogP contribution is 2.20. The minimum Gasteiger partial charge on any atom is -0.380 e. The van der Waals surface area contributed by atoms with Crippen molar-refractivity contribution in [2.45, 2.75) is 6.54 Å². The molecule has 0 aliphatic carbocycles. The fraction of sp³-hybridized carbons (Fsp3) is 0.0714. The largest absolute Gasteiger partial charge is 0.380 e. The summed E-state index contributed by atoms with van der Waals surface area (Å²) in [7, 11) is 0. The Balaban J connectivity index is 1.66. The fourth-order valence-electron chi connectivity index (χ4n) is 1.79. The van der Waals surface area contributed by atoms with Crippen LogP contribution in [0.3, 0.4) is 0 Å². The van der Waals surface area contributed by atoms with Gasteiger partial charge in [-0.25, -0.2) is 4.68 Å². The number of thiophene rings is 1. The second-order valence-electron chi connectivity index (χ2n) is 4.08. The van der Waals surface area contributed by atoms with E-state index < -0.39 is 0 Å². The van der Waals surface area contributed by atoms with Crippen molar-refractivity contribution >= 4 is 28.6 Å². The van der Waals surface area contributed by atoms with Gasteiger partial charge in [-0.2, -0.15) is 5.10 Å². The molecule has 0 amide bonds. The van der Waals surface area contributed by atoms with E-state index in [-0.39, 0.29) is 0 Å². The highest BCUT2D eigenvalue weighted by atomic mass is 35.5. The highest BCUT2D eigenvalue weighted by molar-refractivity contribution is 7.10. The Kier molecular flexibility index (Phi) is 3.53. The first-order chi connectivity index (χ1) is 9.31. The Bertz CT molecular complexity index is 644. The lowest BCUT2D eigenvalue weighted by Crippen LogP contribution is -1.98. The molecular weight excluding hydrogens is 278 g/mol. The standard InChI is InChI=1S/C14H12ClN3S/c15-11-8-14(19-10-11)9-16-12-2-4-13(5-3-12)18-7-1-6-17-18/h1-8,10,16H,9H2. The van der Waals surface area contributed by atoms with Crippen LogP contribution in [-0.4, -0.2) is 9.78 Å². The first-order valence-electron chi connectivity index (χ1n) is 5.88. The molecule has 19 heavy (non-hydrogen) atoms.